The van der Waals surface area contributed by atoms with Crippen molar-refractivity contribution >= 4 is 17.7 Å². The maximum absolute atomic E-state index is 11.9. The fourth-order valence-electron chi connectivity index (χ4n) is 1.53. The lowest BCUT2D eigenvalue weighted by Crippen LogP contribution is -2.25. The highest BCUT2D eigenvalue weighted by Crippen LogP contribution is 2.10. The second-order valence-corrected chi connectivity index (χ2v) is 5.04. The molecule has 0 aliphatic carbocycles. The van der Waals surface area contributed by atoms with Crippen LogP contribution in [-0.4, -0.2) is 36.2 Å². The second-order valence-electron chi connectivity index (χ2n) is 4.05. The van der Waals surface area contributed by atoms with Gasteiger partial charge in [0.05, 0.1) is 6.61 Å². The fourth-order valence-corrected chi connectivity index (χ4v) is 1.83. The molecule has 1 aromatic carbocycles. The molecule has 0 spiro atoms. The molecule has 1 amide bonds. The molecule has 0 fully saturated rings. The molecule has 0 aliphatic heterocycles. The van der Waals surface area contributed by atoms with Gasteiger partial charge >= 0.3 is 0 Å². The minimum Gasteiger partial charge on any atom is -0.395 e. The fraction of sp³-hybridized carbons (Fsp3) is 0.400. The Morgan fingerprint density at radius 1 is 1.47 bits per heavy atom. The Bertz CT molecular complexity index is 489. The van der Waals surface area contributed by atoms with Gasteiger partial charge in [0.1, 0.15) is 0 Å². The molecule has 1 aromatic rings. The van der Waals surface area contributed by atoms with Crippen LogP contribution in [0.25, 0.3) is 0 Å². The largest absolute Gasteiger partial charge is 0.395 e. The molecule has 0 aromatic heterocycles. The Morgan fingerprint density at radius 2 is 2.26 bits per heavy atom. The molecule has 0 heterocycles. The van der Waals surface area contributed by atoms with Crippen molar-refractivity contribution < 1.29 is 9.90 Å². The first-order valence-corrected chi connectivity index (χ1v) is 7.56. The van der Waals surface area contributed by atoms with E-state index >= 15 is 0 Å². The van der Waals surface area contributed by atoms with Crippen molar-refractivity contribution in [1.82, 2.24) is 5.32 Å². The molecule has 4 heteroatoms. The van der Waals surface area contributed by atoms with Crippen LogP contribution in [0.1, 0.15) is 27.9 Å². The summed E-state index contributed by atoms with van der Waals surface area (Å²) in [6, 6.07) is 5.48. The van der Waals surface area contributed by atoms with Crippen molar-refractivity contribution in [2.24, 2.45) is 0 Å². The van der Waals surface area contributed by atoms with Crippen molar-refractivity contribution in [3.63, 3.8) is 0 Å². The minimum absolute atomic E-state index is 0.0491. The van der Waals surface area contributed by atoms with Gasteiger partial charge < -0.3 is 10.4 Å². The number of carbonyl (C=O) groups excluding carboxylic acids is 1. The SMILES string of the molecule is CSCCNC(=O)c1ccc(C#CCCO)c(C)c1. The lowest BCUT2D eigenvalue weighted by atomic mass is 10.0. The lowest BCUT2D eigenvalue weighted by molar-refractivity contribution is 0.0956. The van der Waals surface area contributed by atoms with Crippen molar-refractivity contribution in [3.8, 4) is 11.8 Å². The Hall–Kier alpha value is -1.44. The van der Waals surface area contributed by atoms with Crippen LogP contribution in [0.5, 0.6) is 0 Å². The van der Waals surface area contributed by atoms with Crippen LogP contribution in [0.4, 0.5) is 0 Å². The smallest absolute Gasteiger partial charge is 0.251 e. The summed E-state index contributed by atoms with van der Waals surface area (Å²) in [4.78, 5) is 11.9. The Kier molecular flexibility index (Phi) is 7.09. The average molecular weight is 277 g/mol. The standard InChI is InChI=1S/C15H19NO2S/c1-12-11-14(15(18)16-8-10-19-2)7-6-13(12)5-3-4-9-17/h6-7,11,17H,4,8-10H2,1-2H3,(H,16,18). The van der Waals surface area contributed by atoms with Crippen LogP contribution in [0.15, 0.2) is 18.2 Å². The summed E-state index contributed by atoms with van der Waals surface area (Å²) >= 11 is 1.70. The number of hydrogen-bond acceptors (Lipinski definition) is 3. The first-order valence-electron chi connectivity index (χ1n) is 6.16. The third-order valence-corrected chi connectivity index (χ3v) is 3.15. The summed E-state index contributed by atoms with van der Waals surface area (Å²) in [5, 5.41) is 11.5. The van der Waals surface area contributed by atoms with Crippen LogP contribution in [-0.2, 0) is 0 Å². The number of aliphatic hydroxyl groups is 1. The highest BCUT2D eigenvalue weighted by atomic mass is 32.2. The van der Waals surface area contributed by atoms with Gasteiger partial charge in [-0.05, 0) is 36.9 Å². The van der Waals surface area contributed by atoms with Gasteiger partial charge in [-0.1, -0.05) is 11.8 Å². The molecule has 0 radical (unpaired) electrons. The summed E-state index contributed by atoms with van der Waals surface area (Å²) in [6.45, 7) is 2.68. The zero-order valence-corrected chi connectivity index (χ0v) is 12.1. The van der Waals surface area contributed by atoms with Crippen molar-refractivity contribution in [3.05, 3.63) is 34.9 Å². The molecule has 0 unspecified atom stereocenters. The molecule has 0 aliphatic rings. The molecule has 3 nitrogen and oxygen atoms in total. The van der Waals surface area contributed by atoms with Crippen LogP contribution in [0, 0.1) is 18.8 Å². The number of benzene rings is 1. The third kappa shape index (κ3) is 5.37. The van der Waals surface area contributed by atoms with E-state index in [0.29, 0.717) is 18.5 Å². The van der Waals surface area contributed by atoms with Gasteiger partial charge in [0.25, 0.3) is 5.91 Å². The summed E-state index contributed by atoms with van der Waals surface area (Å²) in [7, 11) is 0. The van der Waals surface area contributed by atoms with E-state index in [0.717, 1.165) is 16.9 Å². The number of aliphatic hydroxyl groups excluding tert-OH is 1. The number of amides is 1. The first kappa shape index (κ1) is 15.6. The van der Waals surface area contributed by atoms with E-state index < -0.39 is 0 Å². The zero-order valence-electron chi connectivity index (χ0n) is 11.3. The summed E-state index contributed by atoms with van der Waals surface area (Å²) < 4.78 is 0. The van der Waals surface area contributed by atoms with Crippen LogP contribution in [0.2, 0.25) is 0 Å². The maximum atomic E-state index is 11.9. The Morgan fingerprint density at radius 3 is 2.89 bits per heavy atom. The number of hydrogen-bond donors (Lipinski definition) is 2. The second kappa shape index (κ2) is 8.63. The number of aryl methyl sites for hydroxylation is 1. The number of nitrogens with one attached hydrogen (secondary N) is 1. The molecule has 2 N–H and O–H groups in total. The first-order chi connectivity index (χ1) is 9.19. The van der Waals surface area contributed by atoms with Gasteiger partial charge in [0.15, 0.2) is 0 Å². The predicted molar refractivity (Wildman–Crippen MR) is 80.5 cm³/mol. The molecule has 0 saturated heterocycles. The molecular weight excluding hydrogens is 258 g/mol. The summed E-state index contributed by atoms with van der Waals surface area (Å²) in [6.07, 6.45) is 2.48. The quantitative estimate of drug-likeness (QED) is 0.637. The lowest BCUT2D eigenvalue weighted by Gasteiger charge is -2.06. The van der Waals surface area contributed by atoms with Crippen LogP contribution in [0.3, 0.4) is 0 Å². The minimum atomic E-state index is -0.0491. The zero-order chi connectivity index (χ0) is 14.1. The molecule has 0 atom stereocenters. The van der Waals surface area contributed by atoms with Gasteiger partial charge in [-0.25, -0.2) is 0 Å². The molecule has 19 heavy (non-hydrogen) atoms. The van der Waals surface area contributed by atoms with Gasteiger partial charge in [0, 0.05) is 29.8 Å². The number of thioether (sulfide) groups is 1. The van der Waals surface area contributed by atoms with Crippen molar-refractivity contribution in [2.75, 3.05) is 25.2 Å². The predicted octanol–water partition coefficient (Wildman–Crippen LogP) is 1.82. The van der Waals surface area contributed by atoms with Gasteiger partial charge in [-0.15, -0.1) is 0 Å². The molecule has 102 valence electrons. The van der Waals surface area contributed by atoms with Gasteiger partial charge in [-0.2, -0.15) is 11.8 Å². The normalized spacial score (nSPS) is 9.63. The molecule has 1 rings (SSSR count). The average Bonchev–Trinajstić information content (AvgIpc) is 2.41. The van der Waals surface area contributed by atoms with Crippen molar-refractivity contribution in [1.29, 1.82) is 0 Å². The van der Waals surface area contributed by atoms with E-state index in [-0.39, 0.29) is 12.5 Å². The van der Waals surface area contributed by atoms with E-state index in [1.54, 1.807) is 17.8 Å². The number of carbonyl (C=O) groups is 1. The van der Waals surface area contributed by atoms with Crippen molar-refractivity contribution in [2.45, 2.75) is 13.3 Å². The highest BCUT2D eigenvalue weighted by molar-refractivity contribution is 7.98. The van der Waals surface area contributed by atoms with E-state index in [1.165, 1.54) is 0 Å². The van der Waals surface area contributed by atoms with E-state index in [1.807, 2.05) is 25.3 Å². The van der Waals surface area contributed by atoms with Gasteiger partial charge in [0.2, 0.25) is 0 Å². The van der Waals surface area contributed by atoms with Crippen LogP contribution < -0.4 is 5.32 Å². The van der Waals surface area contributed by atoms with E-state index in [2.05, 4.69) is 17.2 Å². The molecular formula is C15H19NO2S. The monoisotopic (exact) mass is 277 g/mol. The third-order valence-electron chi connectivity index (χ3n) is 2.54. The Labute approximate surface area is 118 Å². The topological polar surface area (TPSA) is 49.3 Å². The maximum Gasteiger partial charge on any atom is 0.251 e. The highest BCUT2D eigenvalue weighted by Gasteiger charge is 2.06. The Balaban J connectivity index is 2.71. The van der Waals surface area contributed by atoms with Gasteiger partial charge in [-0.3, -0.25) is 4.79 Å². The molecule has 0 saturated carbocycles. The summed E-state index contributed by atoms with van der Waals surface area (Å²) in [5.41, 5.74) is 2.53. The summed E-state index contributed by atoms with van der Waals surface area (Å²) in [5.74, 6) is 6.73. The number of rotatable bonds is 5. The van der Waals surface area contributed by atoms with E-state index in [9.17, 15) is 4.79 Å². The molecule has 0 bridgehead atoms. The van der Waals surface area contributed by atoms with Crippen LogP contribution >= 0.6 is 11.8 Å². The van der Waals surface area contributed by atoms with E-state index in [4.69, 9.17) is 5.11 Å².